The van der Waals surface area contributed by atoms with E-state index in [9.17, 15) is 9.59 Å². The molecule has 6 nitrogen and oxygen atoms in total. The summed E-state index contributed by atoms with van der Waals surface area (Å²) in [4.78, 5) is 32.1. The molecule has 1 saturated heterocycles. The lowest BCUT2D eigenvalue weighted by molar-refractivity contribution is -0.892. The topological polar surface area (TPSA) is 66.7 Å². The number of anilines is 2. The van der Waals surface area contributed by atoms with Crippen LogP contribution in [0.2, 0.25) is 0 Å². The first kappa shape index (κ1) is 20.3. The van der Waals surface area contributed by atoms with E-state index in [1.165, 1.54) is 11.8 Å². The van der Waals surface area contributed by atoms with Crippen molar-refractivity contribution in [1.29, 1.82) is 0 Å². The summed E-state index contributed by atoms with van der Waals surface area (Å²) < 4.78 is 0. The first-order chi connectivity index (χ1) is 14.6. The van der Waals surface area contributed by atoms with Gasteiger partial charge >= 0.3 is 0 Å². The van der Waals surface area contributed by atoms with Gasteiger partial charge in [0.05, 0.1) is 31.9 Å². The number of ketones is 1. The number of amides is 1. The van der Waals surface area contributed by atoms with E-state index in [1.54, 1.807) is 35.6 Å². The third-order valence-electron chi connectivity index (χ3n) is 5.29. The largest absolute Gasteiger partial charge is 0.337 e. The van der Waals surface area contributed by atoms with Crippen LogP contribution in [0.5, 0.6) is 0 Å². The zero-order valence-electron chi connectivity index (χ0n) is 16.9. The van der Waals surface area contributed by atoms with E-state index in [0.29, 0.717) is 12.1 Å². The first-order valence-electron chi connectivity index (χ1n) is 10.1. The van der Waals surface area contributed by atoms with Crippen molar-refractivity contribution in [3.05, 3.63) is 65.5 Å². The fourth-order valence-corrected chi connectivity index (χ4v) is 4.45. The highest BCUT2D eigenvalue weighted by atomic mass is 32.1. The van der Waals surface area contributed by atoms with Gasteiger partial charge in [-0.2, -0.15) is 0 Å². The van der Waals surface area contributed by atoms with Crippen LogP contribution in [0.1, 0.15) is 17.3 Å². The maximum Gasteiger partial charge on any atom is 0.279 e. The fraction of sp³-hybridized carbons (Fsp3) is 0.261. The molecule has 0 bridgehead atoms. The maximum absolute atomic E-state index is 12.4. The monoisotopic (exact) mass is 421 g/mol. The Hall–Kier alpha value is -3.03. The molecular weight excluding hydrogens is 396 g/mol. The Kier molecular flexibility index (Phi) is 6.21. The smallest absolute Gasteiger partial charge is 0.279 e. The van der Waals surface area contributed by atoms with Crippen LogP contribution in [-0.2, 0) is 4.79 Å². The van der Waals surface area contributed by atoms with Gasteiger partial charge in [0.2, 0.25) is 0 Å². The third kappa shape index (κ3) is 4.93. The number of hydrogen-bond acceptors (Lipinski definition) is 5. The molecule has 0 spiro atoms. The third-order valence-corrected chi connectivity index (χ3v) is 6.19. The van der Waals surface area contributed by atoms with E-state index in [-0.39, 0.29) is 11.7 Å². The number of rotatable bonds is 6. The number of quaternary nitrogens is 1. The van der Waals surface area contributed by atoms with Crippen LogP contribution >= 0.6 is 11.3 Å². The molecule has 30 heavy (non-hydrogen) atoms. The lowest BCUT2D eigenvalue weighted by Crippen LogP contribution is -3.15. The van der Waals surface area contributed by atoms with Gasteiger partial charge in [-0.05, 0) is 31.2 Å². The van der Waals surface area contributed by atoms with Crippen molar-refractivity contribution in [2.45, 2.75) is 6.92 Å². The van der Waals surface area contributed by atoms with Gasteiger partial charge in [-0.3, -0.25) is 9.59 Å². The summed E-state index contributed by atoms with van der Waals surface area (Å²) in [6.07, 6.45) is 0. The van der Waals surface area contributed by atoms with E-state index in [2.05, 4.69) is 27.7 Å². The molecule has 1 aliphatic heterocycles. The Bertz CT molecular complexity index is 1010. The number of nitrogens with zero attached hydrogens (tertiary/aromatic N) is 2. The SMILES string of the molecule is CC(=O)c1ccc(NC(=O)C[NH+]2CCN(c3nc(-c4ccccc4)cs3)CC2)cc1. The number of thiazole rings is 1. The lowest BCUT2D eigenvalue weighted by Gasteiger charge is -2.31. The zero-order valence-corrected chi connectivity index (χ0v) is 17.7. The summed E-state index contributed by atoms with van der Waals surface area (Å²) in [5.41, 5.74) is 3.52. The molecule has 1 aliphatic rings. The normalized spacial score (nSPS) is 14.5. The van der Waals surface area contributed by atoms with Gasteiger partial charge in [-0.25, -0.2) is 4.98 Å². The molecule has 4 rings (SSSR count). The molecule has 0 aliphatic carbocycles. The lowest BCUT2D eigenvalue weighted by atomic mass is 10.1. The summed E-state index contributed by atoms with van der Waals surface area (Å²) in [5.74, 6) is 0.0148. The Balaban J connectivity index is 1.27. The Morgan fingerprint density at radius 3 is 2.43 bits per heavy atom. The zero-order chi connectivity index (χ0) is 20.9. The van der Waals surface area contributed by atoms with Gasteiger partial charge in [0.1, 0.15) is 0 Å². The summed E-state index contributed by atoms with van der Waals surface area (Å²) in [5, 5.41) is 6.08. The quantitative estimate of drug-likeness (QED) is 0.600. The Morgan fingerprint density at radius 1 is 1.07 bits per heavy atom. The Morgan fingerprint density at radius 2 is 1.77 bits per heavy atom. The van der Waals surface area contributed by atoms with Gasteiger partial charge in [0.15, 0.2) is 17.5 Å². The predicted molar refractivity (Wildman–Crippen MR) is 120 cm³/mol. The summed E-state index contributed by atoms with van der Waals surface area (Å²) >= 11 is 1.67. The highest BCUT2D eigenvalue weighted by Gasteiger charge is 2.24. The first-order valence-corrected chi connectivity index (χ1v) is 11.0. The van der Waals surface area contributed by atoms with Crippen molar-refractivity contribution in [3.63, 3.8) is 0 Å². The summed E-state index contributed by atoms with van der Waals surface area (Å²) in [6.45, 7) is 5.55. The number of benzene rings is 2. The maximum atomic E-state index is 12.4. The molecule has 7 heteroatoms. The molecule has 0 saturated carbocycles. The van der Waals surface area contributed by atoms with Gasteiger partial charge in [-0.15, -0.1) is 11.3 Å². The molecule has 3 aromatic rings. The molecule has 1 amide bonds. The molecule has 2 aromatic carbocycles. The minimum atomic E-state index is -0.00497. The predicted octanol–water partition coefficient (Wildman–Crippen LogP) is 2.36. The van der Waals surface area contributed by atoms with Crippen molar-refractivity contribution in [2.75, 3.05) is 42.9 Å². The van der Waals surface area contributed by atoms with Crippen LogP contribution in [0.3, 0.4) is 0 Å². The molecule has 0 atom stereocenters. The van der Waals surface area contributed by atoms with Crippen molar-refractivity contribution < 1.29 is 14.5 Å². The summed E-state index contributed by atoms with van der Waals surface area (Å²) in [7, 11) is 0. The second-order valence-electron chi connectivity index (χ2n) is 7.48. The number of carbonyl (C=O) groups excluding carboxylic acids is 2. The van der Waals surface area contributed by atoms with Crippen LogP contribution in [0.25, 0.3) is 11.3 Å². The molecule has 0 unspecified atom stereocenters. The number of Topliss-reactive ketones (excluding diaryl/α,β-unsaturated/α-hetero) is 1. The van der Waals surface area contributed by atoms with E-state index in [4.69, 9.17) is 4.98 Å². The molecule has 154 valence electrons. The molecule has 1 fully saturated rings. The van der Waals surface area contributed by atoms with Gasteiger partial charge in [-0.1, -0.05) is 30.3 Å². The van der Waals surface area contributed by atoms with Crippen LogP contribution < -0.4 is 15.1 Å². The van der Waals surface area contributed by atoms with Crippen molar-refractivity contribution in [1.82, 2.24) is 4.98 Å². The standard InChI is InChI=1S/C23H24N4O2S/c1-17(28)18-7-9-20(10-8-18)24-22(29)15-26-11-13-27(14-12-26)23-25-21(16-30-23)19-5-3-2-4-6-19/h2-10,16H,11-15H2,1H3,(H,24,29)/p+1. The second kappa shape index (κ2) is 9.19. The number of aromatic nitrogens is 1. The molecule has 0 radical (unpaired) electrons. The van der Waals surface area contributed by atoms with Crippen LogP contribution in [0, 0.1) is 0 Å². The van der Waals surface area contributed by atoms with Crippen LogP contribution in [0.15, 0.2) is 60.0 Å². The fourth-order valence-electron chi connectivity index (χ4n) is 3.56. The number of nitrogens with one attached hydrogen (secondary N) is 2. The molecular formula is C23H25N4O2S+. The van der Waals surface area contributed by atoms with Gasteiger partial charge in [0, 0.05) is 22.2 Å². The van der Waals surface area contributed by atoms with Gasteiger partial charge in [0.25, 0.3) is 5.91 Å². The average molecular weight is 422 g/mol. The van der Waals surface area contributed by atoms with E-state index >= 15 is 0 Å². The number of carbonyl (C=O) groups is 2. The minimum Gasteiger partial charge on any atom is -0.337 e. The van der Waals surface area contributed by atoms with Crippen molar-refractivity contribution >= 4 is 33.8 Å². The van der Waals surface area contributed by atoms with Gasteiger partial charge < -0.3 is 15.1 Å². The van der Waals surface area contributed by atoms with E-state index < -0.39 is 0 Å². The van der Waals surface area contributed by atoms with E-state index in [0.717, 1.165) is 48.3 Å². The van der Waals surface area contributed by atoms with Crippen LogP contribution in [-0.4, -0.2) is 49.4 Å². The number of hydrogen-bond donors (Lipinski definition) is 2. The molecule has 1 aromatic heterocycles. The number of piperazine rings is 1. The van der Waals surface area contributed by atoms with Crippen LogP contribution in [0.4, 0.5) is 10.8 Å². The highest BCUT2D eigenvalue weighted by molar-refractivity contribution is 7.14. The molecule has 2 N–H and O–H groups in total. The van der Waals surface area contributed by atoms with E-state index in [1.807, 2.05) is 18.2 Å². The minimum absolute atomic E-state index is 0.00497. The average Bonchev–Trinajstić information content (AvgIpc) is 3.25. The van der Waals surface area contributed by atoms with Crippen molar-refractivity contribution in [3.8, 4) is 11.3 Å². The second-order valence-corrected chi connectivity index (χ2v) is 8.31. The highest BCUT2D eigenvalue weighted by Crippen LogP contribution is 2.27. The Labute approximate surface area is 180 Å². The summed E-state index contributed by atoms with van der Waals surface area (Å²) in [6, 6.07) is 17.2. The molecule has 2 heterocycles. The van der Waals surface area contributed by atoms with Crippen molar-refractivity contribution in [2.24, 2.45) is 0 Å².